The first-order valence-corrected chi connectivity index (χ1v) is 5.35. The number of benzene rings is 1. The lowest BCUT2D eigenvalue weighted by Crippen LogP contribution is -2.10. The molecule has 0 unspecified atom stereocenters. The first kappa shape index (κ1) is 11.3. The van der Waals surface area contributed by atoms with E-state index in [2.05, 4.69) is 5.10 Å². The summed E-state index contributed by atoms with van der Waals surface area (Å²) in [6.07, 6.45) is 3.85. The first-order chi connectivity index (χ1) is 8.22. The molecular formula is C12H14N4O. The molecule has 1 heterocycles. The Morgan fingerprint density at radius 2 is 2.12 bits per heavy atom. The van der Waals surface area contributed by atoms with Crippen molar-refractivity contribution in [2.75, 3.05) is 6.54 Å². The van der Waals surface area contributed by atoms with Gasteiger partial charge in [0.05, 0.1) is 17.4 Å². The number of carbonyl (C=O) groups excluding carboxylic acids is 1. The van der Waals surface area contributed by atoms with Crippen LogP contribution < -0.4 is 11.5 Å². The van der Waals surface area contributed by atoms with E-state index in [4.69, 9.17) is 11.5 Å². The fourth-order valence-electron chi connectivity index (χ4n) is 1.68. The van der Waals surface area contributed by atoms with Gasteiger partial charge in [0.25, 0.3) is 5.91 Å². The second kappa shape index (κ2) is 4.80. The number of primary amides is 1. The smallest absolute Gasteiger partial charge is 0.251 e. The van der Waals surface area contributed by atoms with Crippen molar-refractivity contribution in [1.82, 2.24) is 9.78 Å². The lowest BCUT2D eigenvalue weighted by atomic mass is 10.1. The van der Waals surface area contributed by atoms with E-state index in [9.17, 15) is 4.79 Å². The van der Waals surface area contributed by atoms with Gasteiger partial charge in [-0.2, -0.15) is 5.10 Å². The van der Waals surface area contributed by atoms with Gasteiger partial charge in [-0.25, -0.2) is 4.68 Å². The SMILES string of the molecule is NCCc1ccccc1-n1cc(C(N)=O)cn1. The summed E-state index contributed by atoms with van der Waals surface area (Å²) in [5.74, 6) is -0.479. The van der Waals surface area contributed by atoms with E-state index in [0.29, 0.717) is 12.1 Å². The Morgan fingerprint density at radius 3 is 2.76 bits per heavy atom. The highest BCUT2D eigenvalue weighted by molar-refractivity contribution is 5.92. The molecular weight excluding hydrogens is 216 g/mol. The number of amides is 1. The van der Waals surface area contributed by atoms with Crippen molar-refractivity contribution in [3.05, 3.63) is 47.8 Å². The van der Waals surface area contributed by atoms with Gasteiger partial charge in [-0.3, -0.25) is 4.79 Å². The monoisotopic (exact) mass is 230 g/mol. The van der Waals surface area contributed by atoms with E-state index in [1.54, 1.807) is 10.9 Å². The highest BCUT2D eigenvalue weighted by Gasteiger charge is 2.08. The van der Waals surface area contributed by atoms with Crippen molar-refractivity contribution in [2.24, 2.45) is 11.5 Å². The van der Waals surface area contributed by atoms with Gasteiger partial charge in [0.15, 0.2) is 0 Å². The molecule has 1 amide bonds. The Bertz CT molecular complexity index is 533. The zero-order valence-electron chi connectivity index (χ0n) is 9.34. The maximum Gasteiger partial charge on any atom is 0.251 e. The van der Waals surface area contributed by atoms with E-state index in [1.165, 1.54) is 6.20 Å². The molecule has 1 aromatic heterocycles. The third-order valence-corrected chi connectivity index (χ3v) is 2.52. The van der Waals surface area contributed by atoms with Crippen molar-refractivity contribution in [3.8, 4) is 5.69 Å². The molecule has 0 spiro atoms. The van der Waals surface area contributed by atoms with Crippen LogP contribution in [0.4, 0.5) is 0 Å². The average Bonchev–Trinajstić information content (AvgIpc) is 2.79. The minimum Gasteiger partial charge on any atom is -0.366 e. The third kappa shape index (κ3) is 2.34. The lowest BCUT2D eigenvalue weighted by Gasteiger charge is -2.07. The first-order valence-electron chi connectivity index (χ1n) is 5.35. The maximum atomic E-state index is 11.0. The number of nitrogens with zero attached hydrogens (tertiary/aromatic N) is 2. The lowest BCUT2D eigenvalue weighted by molar-refractivity contribution is 0.100. The van der Waals surface area contributed by atoms with Gasteiger partial charge in [-0.1, -0.05) is 18.2 Å². The predicted octanol–water partition coefficient (Wildman–Crippen LogP) is 0.472. The van der Waals surface area contributed by atoms with Crippen LogP contribution in [0, 0.1) is 0 Å². The maximum absolute atomic E-state index is 11.0. The van der Waals surface area contributed by atoms with Gasteiger partial charge in [0.1, 0.15) is 0 Å². The molecule has 5 heteroatoms. The van der Waals surface area contributed by atoms with Crippen molar-refractivity contribution in [1.29, 1.82) is 0 Å². The summed E-state index contributed by atoms with van der Waals surface area (Å²) in [7, 11) is 0. The topological polar surface area (TPSA) is 86.9 Å². The number of rotatable bonds is 4. The summed E-state index contributed by atoms with van der Waals surface area (Å²) in [4.78, 5) is 11.0. The molecule has 17 heavy (non-hydrogen) atoms. The highest BCUT2D eigenvalue weighted by Crippen LogP contribution is 2.14. The fourth-order valence-corrected chi connectivity index (χ4v) is 1.68. The summed E-state index contributed by atoms with van der Waals surface area (Å²) in [5.41, 5.74) is 13.2. The van der Waals surface area contributed by atoms with Crippen molar-refractivity contribution in [3.63, 3.8) is 0 Å². The Labute approximate surface area is 99.0 Å². The van der Waals surface area contributed by atoms with Crippen LogP contribution >= 0.6 is 0 Å². The number of nitrogens with two attached hydrogens (primary N) is 2. The van der Waals surface area contributed by atoms with E-state index in [0.717, 1.165) is 17.7 Å². The highest BCUT2D eigenvalue weighted by atomic mass is 16.1. The largest absolute Gasteiger partial charge is 0.366 e. The van der Waals surface area contributed by atoms with Gasteiger partial charge >= 0.3 is 0 Å². The van der Waals surface area contributed by atoms with Crippen LogP contribution in [-0.4, -0.2) is 22.2 Å². The Morgan fingerprint density at radius 1 is 1.35 bits per heavy atom. The van der Waals surface area contributed by atoms with E-state index in [-0.39, 0.29) is 0 Å². The van der Waals surface area contributed by atoms with Gasteiger partial charge in [0.2, 0.25) is 0 Å². The predicted molar refractivity (Wildman–Crippen MR) is 64.8 cm³/mol. The minimum atomic E-state index is -0.479. The van der Waals surface area contributed by atoms with Gasteiger partial charge in [0, 0.05) is 6.20 Å². The number of aromatic nitrogens is 2. The van der Waals surface area contributed by atoms with Gasteiger partial charge in [-0.05, 0) is 24.6 Å². The Kier molecular flexibility index (Phi) is 3.20. The van der Waals surface area contributed by atoms with Crippen LogP contribution in [0.2, 0.25) is 0 Å². The molecule has 88 valence electrons. The molecule has 4 N–H and O–H groups in total. The summed E-state index contributed by atoms with van der Waals surface area (Å²) >= 11 is 0. The molecule has 1 aromatic carbocycles. The summed E-state index contributed by atoms with van der Waals surface area (Å²) in [6.45, 7) is 0.570. The minimum absolute atomic E-state index is 0.396. The molecule has 0 saturated heterocycles. The zero-order valence-corrected chi connectivity index (χ0v) is 9.34. The summed E-state index contributed by atoms with van der Waals surface area (Å²) < 4.78 is 1.64. The summed E-state index contributed by atoms with van der Waals surface area (Å²) in [6, 6.07) is 7.80. The Balaban J connectivity index is 2.41. The van der Waals surface area contributed by atoms with Crippen LogP contribution in [0.1, 0.15) is 15.9 Å². The fraction of sp³-hybridized carbons (Fsp3) is 0.167. The molecule has 2 aromatic rings. The third-order valence-electron chi connectivity index (χ3n) is 2.52. The van der Waals surface area contributed by atoms with Crippen molar-refractivity contribution >= 4 is 5.91 Å². The number of hydrogen-bond acceptors (Lipinski definition) is 3. The van der Waals surface area contributed by atoms with Crippen molar-refractivity contribution < 1.29 is 4.79 Å². The molecule has 2 rings (SSSR count). The van der Waals surface area contributed by atoms with Gasteiger partial charge in [-0.15, -0.1) is 0 Å². The van der Waals surface area contributed by atoms with E-state index < -0.39 is 5.91 Å². The number of para-hydroxylation sites is 1. The molecule has 0 bridgehead atoms. The van der Waals surface area contributed by atoms with E-state index in [1.807, 2.05) is 24.3 Å². The van der Waals surface area contributed by atoms with Crippen LogP contribution in [0.3, 0.4) is 0 Å². The van der Waals surface area contributed by atoms with Crippen LogP contribution in [-0.2, 0) is 6.42 Å². The molecule has 0 atom stereocenters. The normalized spacial score (nSPS) is 10.4. The second-order valence-electron chi connectivity index (χ2n) is 3.71. The van der Waals surface area contributed by atoms with Crippen LogP contribution in [0.5, 0.6) is 0 Å². The van der Waals surface area contributed by atoms with Crippen LogP contribution in [0.15, 0.2) is 36.7 Å². The zero-order chi connectivity index (χ0) is 12.3. The molecule has 0 aliphatic carbocycles. The van der Waals surface area contributed by atoms with Crippen LogP contribution in [0.25, 0.3) is 5.69 Å². The standard InChI is InChI=1S/C12H14N4O/c13-6-5-9-3-1-2-4-11(9)16-8-10(7-15-16)12(14)17/h1-4,7-8H,5-6,13H2,(H2,14,17). The molecule has 0 fully saturated rings. The molecule has 5 nitrogen and oxygen atoms in total. The molecule has 0 saturated carbocycles. The second-order valence-corrected chi connectivity index (χ2v) is 3.71. The molecule has 0 aliphatic rings. The van der Waals surface area contributed by atoms with Gasteiger partial charge < -0.3 is 11.5 Å². The summed E-state index contributed by atoms with van der Waals surface area (Å²) in [5, 5.41) is 4.13. The number of carbonyl (C=O) groups is 1. The molecule has 0 aliphatic heterocycles. The average molecular weight is 230 g/mol. The van der Waals surface area contributed by atoms with E-state index >= 15 is 0 Å². The van der Waals surface area contributed by atoms with Crippen molar-refractivity contribution in [2.45, 2.75) is 6.42 Å². The Hall–Kier alpha value is -2.14. The number of hydrogen-bond donors (Lipinski definition) is 2. The molecule has 0 radical (unpaired) electrons. The quantitative estimate of drug-likeness (QED) is 0.800.